The first-order valence-electron chi connectivity index (χ1n) is 11.1. The Morgan fingerprint density at radius 2 is 1.66 bits per heavy atom. The third kappa shape index (κ3) is 6.26. The van der Waals surface area contributed by atoms with Crippen LogP contribution in [0.1, 0.15) is 30.5 Å². The fourth-order valence-corrected chi connectivity index (χ4v) is 5.21. The van der Waals surface area contributed by atoms with Crippen molar-refractivity contribution in [1.29, 1.82) is 0 Å². The van der Waals surface area contributed by atoms with Crippen molar-refractivity contribution in [2.45, 2.75) is 31.2 Å². The first-order chi connectivity index (χ1) is 16.7. The molecular weight excluding hydrogens is 488 g/mol. The van der Waals surface area contributed by atoms with Crippen molar-refractivity contribution < 1.29 is 22.7 Å². The summed E-state index contributed by atoms with van der Waals surface area (Å²) in [7, 11) is -1.10. The van der Waals surface area contributed by atoms with Gasteiger partial charge in [0.05, 0.1) is 30.8 Å². The second-order valence-electron chi connectivity index (χ2n) is 7.94. The van der Waals surface area contributed by atoms with E-state index < -0.39 is 22.5 Å². The van der Waals surface area contributed by atoms with Crippen molar-refractivity contribution in [3.63, 3.8) is 0 Å². The number of aryl methyl sites for hydroxylation is 1. The molecule has 9 heteroatoms. The first kappa shape index (κ1) is 26.4. The van der Waals surface area contributed by atoms with Gasteiger partial charge in [0.2, 0.25) is 5.91 Å². The highest BCUT2D eigenvalue weighted by Gasteiger charge is 2.30. The first-order valence-corrected chi connectivity index (χ1v) is 12.9. The van der Waals surface area contributed by atoms with Crippen LogP contribution < -0.4 is 19.1 Å². The number of ether oxygens (including phenoxy) is 2. The van der Waals surface area contributed by atoms with Crippen molar-refractivity contribution in [3.05, 3.63) is 82.9 Å². The largest absolute Gasteiger partial charge is 0.497 e. The molecule has 0 saturated carbocycles. The SMILES string of the molecule is CC[C@H](NC(=O)CN(c1cc(Cl)ccc1OC)S(=O)(=O)c1ccc(C)cc1)c1ccc(OC)cc1. The monoisotopic (exact) mass is 516 g/mol. The topological polar surface area (TPSA) is 84.9 Å². The lowest BCUT2D eigenvalue weighted by atomic mass is 10.0. The Hall–Kier alpha value is -3.23. The number of halogens is 1. The van der Waals surface area contributed by atoms with E-state index in [4.69, 9.17) is 21.1 Å². The van der Waals surface area contributed by atoms with Crippen molar-refractivity contribution in [2.24, 2.45) is 0 Å². The molecule has 3 aromatic rings. The molecule has 0 bridgehead atoms. The number of benzene rings is 3. The standard InChI is InChI=1S/C26H29ClN2O5S/c1-5-23(19-8-11-21(33-3)12-9-19)28-26(30)17-29(24-16-20(27)10-15-25(24)34-4)35(31,32)22-13-6-18(2)7-14-22/h6-16,23H,5,17H2,1-4H3,(H,28,30)/t23-/m0/s1. The van der Waals surface area contributed by atoms with Gasteiger partial charge in [-0.25, -0.2) is 8.42 Å². The van der Waals surface area contributed by atoms with Gasteiger partial charge < -0.3 is 14.8 Å². The zero-order valence-electron chi connectivity index (χ0n) is 20.1. The Bertz CT molecular complexity index is 1260. The number of carbonyl (C=O) groups is 1. The molecule has 0 aliphatic rings. The number of nitrogens with one attached hydrogen (secondary N) is 1. The van der Waals surface area contributed by atoms with Gasteiger partial charge in [-0.3, -0.25) is 9.10 Å². The molecule has 0 spiro atoms. The second-order valence-corrected chi connectivity index (χ2v) is 10.2. The quantitative estimate of drug-likeness (QED) is 0.404. The maximum Gasteiger partial charge on any atom is 0.264 e. The maximum absolute atomic E-state index is 13.7. The molecule has 0 aromatic heterocycles. The third-order valence-corrected chi connectivity index (χ3v) is 7.58. The van der Waals surface area contributed by atoms with Crippen molar-refractivity contribution >= 4 is 33.2 Å². The van der Waals surface area contributed by atoms with Gasteiger partial charge in [-0.1, -0.05) is 48.4 Å². The molecule has 0 saturated heterocycles. The van der Waals surface area contributed by atoms with Crippen LogP contribution >= 0.6 is 11.6 Å². The van der Waals surface area contributed by atoms with Gasteiger partial charge in [0.1, 0.15) is 18.0 Å². The molecule has 1 amide bonds. The lowest BCUT2D eigenvalue weighted by Gasteiger charge is -2.27. The van der Waals surface area contributed by atoms with Gasteiger partial charge >= 0.3 is 0 Å². The highest BCUT2D eigenvalue weighted by molar-refractivity contribution is 7.92. The molecule has 3 aromatic carbocycles. The summed E-state index contributed by atoms with van der Waals surface area (Å²) < 4.78 is 39.0. The molecule has 0 heterocycles. The Kier molecular flexibility index (Phi) is 8.64. The van der Waals surface area contributed by atoms with Crippen LogP contribution in [0.5, 0.6) is 11.5 Å². The molecule has 0 fully saturated rings. The molecule has 7 nitrogen and oxygen atoms in total. The van der Waals surface area contributed by atoms with Crippen molar-refractivity contribution in [3.8, 4) is 11.5 Å². The van der Waals surface area contributed by atoms with E-state index in [0.717, 1.165) is 15.4 Å². The van der Waals surface area contributed by atoms with E-state index in [1.165, 1.54) is 25.3 Å². The van der Waals surface area contributed by atoms with Crippen LogP contribution in [0, 0.1) is 6.92 Å². The zero-order valence-corrected chi connectivity index (χ0v) is 21.7. The highest BCUT2D eigenvalue weighted by atomic mass is 35.5. The van der Waals surface area contributed by atoms with Crippen LogP contribution in [-0.2, 0) is 14.8 Å². The zero-order chi connectivity index (χ0) is 25.6. The van der Waals surface area contributed by atoms with Crippen LogP contribution in [0.2, 0.25) is 5.02 Å². The fourth-order valence-electron chi connectivity index (χ4n) is 3.62. The van der Waals surface area contributed by atoms with Gasteiger partial charge in [-0.05, 0) is 61.4 Å². The van der Waals surface area contributed by atoms with Gasteiger partial charge in [0.15, 0.2) is 0 Å². The van der Waals surface area contributed by atoms with Gasteiger partial charge in [0.25, 0.3) is 10.0 Å². The molecule has 1 N–H and O–H groups in total. The fraction of sp³-hybridized carbons (Fsp3) is 0.269. The van der Waals surface area contributed by atoms with E-state index in [1.54, 1.807) is 31.4 Å². The van der Waals surface area contributed by atoms with Crippen LogP contribution in [0.3, 0.4) is 0 Å². The number of carbonyl (C=O) groups excluding carboxylic acids is 1. The van der Waals surface area contributed by atoms with Crippen LogP contribution in [-0.4, -0.2) is 35.1 Å². The molecule has 186 valence electrons. The number of hydrogen-bond donors (Lipinski definition) is 1. The van der Waals surface area contributed by atoms with Crippen molar-refractivity contribution in [1.82, 2.24) is 5.32 Å². The van der Waals surface area contributed by atoms with Crippen LogP contribution in [0.25, 0.3) is 0 Å². The Balaban J connectivity index is 1.97. The van der Waals surface area contributed by atoms with Gasteiger partial charge in [-0.2, -0.15) is 0 Å². The summed E-state index contributed by atoms with van der Waals surface area (Å²) in [4.78, 5) is 13.2. The number of anilines is 1. The maximum atomic E-state index is 13.7. The van der Waals surface area contributed by atoms with Crippen LogP contribution in [0.15, 0.2) is 71.6 Å². The van der Waals surface area contributed by atoms with Crippen LogP contribution in [0.4, 0.5) is 5.69 Å². The summed E-state index contributed by atoms with van der Waals surface area (Å²) in [5.74, 6) is 0.517. The van der Waals surface area contributed by atoms with Crippen molar-refractivity contribution in [2.75, 3.05) is 25.1 Å². The minimum atomic E-state index is -4.11. The number of sulfonamides is 1. The van der Waals surface area contributed by atoms with E-state index in [-0.39, 0.29) is 22.4 Å². The van der Waals surface area contributed by atoms with E-state index in [0.29, 0.717) is 17.2 Å². The van der Waals surface area contributed by atoms with E-state index in [9.17, 15) is 13.2 Å². The minimum absolute atomic E-state index is 0.0557. The molecule has 1 atom stereocenters. The predicted octanol–water partition coefficient (Wildman–Crippen LogP) is 5.13. The summed E-state index contributed by atoms with van der Waals surface area (Å²) in [5.41, 5.74) is 1.97. The Morgan fingerprint density at radius 1 is 1.00 bits per heavy atom. The number of nitrogens with zero attached hydrogens (tertiary/aromatic N) is 1. The van der Waals surface area contributed by atoms with E-state index in [2.05, 4.69) is 5.32 Å². The average molecular weight is 517 g/mol. The molecular formula is C26H29ClN2O5S. The lowest BCUT2D eigenvalue weighted by Crippen LogP contribution is -2.42. The average Bonchev–Trinajstić information content (AvgIpc) is 2.86. The van der Waals surface area contributed by atoms with E-state index >= 15 is 0 Å². The third-order valence-electron chi connectivity index (χ3n) is 5.57. The summed E-state index contributed by atoms with van der Waals surface area (Å²) >= 11 is 6.19. The molecule has 0 unspecified atom stereocenters. The Morgan fingerprint density at radius 3 is 2.23 bits per heavy atom. The van der Waals surface area contributed by atoms with Gasteiger partial charge in [0, 0.05) is 5.02 Å². The number of hydrogen-bond acceptors (Lipinski definition) is 5. The Labute approximate surface area is 211 Å². The summed E-state index contributed by atoms with van der Waals surface area (Å²) in [6, 6.07) is 18.1. The number of methoxy groups -OCH3 is 2. The molecule has 35 heavy (non-hydrogen) atoms. The minimum Gasteiger partial charge on any atom is -0.497 e. The van der Waals surface area contributed by atoms with Gasteiger partial charge in [-0.15, -0.1) is 0 Å². The number of rotatable bonds is 10. The molecule has 0 radical (unpaired) electrons. The second kappa shape index (κ2) is 11.5. The summed E-state index contributed by atoms with van der Waals surface area (Å²) in [6.45, 7) is 3.35. The summed E-state index contributed by atoms with van der Waals surface area (Å²) in [6.07, 6.45) is 0.614. The van der Waals surface area contributed by atoms with E-state index in [1.807, 2.05) is 38.1 Å². The molecule has 0 aliphatic heterocycles. The molecule has 0 aliphatic carbocycles. The number of amides is 1. The normalized spacial score (nSPS) is 12.0. The molecule has 3 rings (SSSR count). The lowest BCUT2D eigenvalue weighted by molar-refractivity contribution is -0.120. The summed E-state index contributed by atoms with van der Waals surface area (Å²) in [5, 5.41) is 3.26. The smallest absolute Gasteiger partial charge is 0.264 e. The predicted molar refractivity (Wildman–Crippen MR) is 138 cm³/mol. The highest BCUT2D eigenvalue weighted by Crippen LogP contribution is 2.35.